The first-order valence-electron chi connectivity index (χ1n) is 13.1. The number of anilines is 4. The number of primary amides is 2. The van der Waals surface area contributed by atoms with Crippen LogP contribution in [0.1, 0.15) is 33.7 Å². The zero-order valence-corrected chi connectivity index (χ0v) is 22.0. The quantitative estimate of drug-likeness (QED) is 0.344. The Labute approximate surface area is 227 Å². The van der Waals surface area contributed by atoms with E-state index >= 15 is 0 Å². The Kier molecular flexibility index (Phi) is 7.89. The lowest BCUT2D eigenvalue weighted by atomic mass is 10.0. The van der Waals surface area contributed by atoms with Crippen LogP contribution in [0, 0.1) is 0 Å². The van der Waals surface area contributed by atoms with Crippen LogP contribution in [-0.4, -0.2) is 79.2 Å². The molecule has 2 amide bonds. The molecule has 6 N–H and O–H groups in total. The Morgan fingerprint density at radius 2 is 1.59 bits per heavy atom. The van der Waals surface area contributed by atoms with E-state index in [1.54, 1.807) is 24.3 Å². The average molecular weight is 531 g/mol. The number of hydrogen-bond donors (Lipinski definition) is 4. The molecule has 0 radical (unpaired) electrons. The Balaban J connectivity index is 1.50. The number of ether oxygens (including phenoxy) is 1. The molecular formula is C28H34N8O3. The van der Waals surface area contributed by atoms with E-state index in [9.17, 15) is 9.59 Å². The van der Waals surface area contributed by atoms with Gasteiger partial charge in [-0.1, -0.05) is 18.2 Å². The first-order chi connectivity index (χ1) is 18.9. The highest BCUT2D eigenvalue weighted by atomic mass is 16.5. The Hall–Kier alpha value is -4.22. The number of amides is 2. The smallest absolute Gasteiger partial charge is 0.271 e. The van der Waals surface area contributed by atoms with E-state index < -0.39 is 11.8 Å². The molecule has 0 spiro atoms. The number of likely N-dealkylation sites (N-methyl/N-ethyl adjacent to an activating group) is 1. The van der Waals surface area contributed by atoms with Crippen LogP contribution in [0.15, 0.2) is 48.5 Å². The molecule has 2 aliphatic rings. The second-order valence-corrected chi connectivity index (χ2v) is 9.89. The summed E-state index contributed by atoms with van der Waals surface area (Å²) >= 11 is 0. The SMILES string of the molecule is CN1CCN(c2ccc(Nc3nc(NC4CCOCC4)c(-c4ccccc4C(N)=O)nc3C(N)=O)cc2)CC1. The third-order valence-corrected chi connectivity index (χ3v) is 7.14. The molecule has 3 aromatic rings. The maximum Gasteiger partial charge on any atom is 0.271 e. The van der Waals surface area contributed by atoms with Gasteiger partial charge in [-0.2, -0.15) is 0 Å². The van der Waals surface area contributed by atoms with Crippen molar-refractivity contribution in [2.45, 2.75) is 18.9 Å². The molecule has 0 bridgehead atoms. The zero-order valence-electron chi connectivity index (χ0n) is 22.0. The lowest BCUT2D eigenvalue weighted by molar-refractivity contribution is 0.0904. The summed E-state index contributed by atoms with van der Waals surface area (Å²) in [7, 11) is 2.13. The zero-order chi connectivity index (χ0) is 27.4. The lowest BCUT2D eigenvalue weighted by Gasteiger charge is -2.34. The molecule has 11 nitrogen and oxygen atoms in total. The monoisotopic (exact) mass is 530 g/mol. The summed E-state index contributed by atoms with van der Waals surface area (Å²) in [5.41, 5.74) is 14.3. The Bertz CT molecular complexity index is 1330. The maximum absolute atomic E-state index is 12.5. The molecule has 1 aromatic heterocycles. The minimum absolute atomic E-state index is 0.0371. The molecular weight excluding hydrogens is 496 g/mol. The molecule has 2 aromatic carbocycles. The normalized spacial score (nSPS) is 16.6. The summed E-state index contributed by atoms with van der Waals surface area (Å²) in [4.78, 5) is 38.8. The second kappa shape index (κ2) is 11.7. The summed E-state index contributed by atoms with van der Waals surface area (Å²) < 4.78 is 5.50. The molecule has 0 saturated carbocycles. The van der Waals surface area contributed by atoms with Crippen molar-refractivity contribution in [3.05, 3.63) is 59.8 Å². The van der Waals surface area contributed by atoms with E-state index in [1.165, 1.54) is 0 Å². The first-order valence-corrected chi connectivity index (χ1v) is 13.1. The van der Waals surface area contributed by atoms with Crippen molar-refractivity contribution in [3.8, 4) is 11.3 Å². The molecule has 0 unspecified atom stereocenters. The van der Waals surface area contributed by atoms with Crippen LogP contribution in [0.5, 0.6) is 0 Å². The van der Waals surface area contributed by atoms with Crippen LogP contribution >= 0.6 is 0 Å². The van der Waals surface area contributed by atoms with E-state index in [0.29, 0.717) is 30.3 Å². The van der Waals surface area contributed by atoms with Gasteiger partial charge in [-0.15, -0.1) is 0 Å². The molecule has 2 saturated heterocycles. The van der Waals surface area contributed by atoms with Crippen LogP contribution in [0.2, 0.25) is 0 Å². The van der Waals surface area contributed by atoms with Crippen LogP contribution in [0.3, 0.4) is 0 Å². The van der Waals surface area contributed by atoms with Crippen LogP contribution < -0.4 is 27.0 Å². The fourth-order valence-corrected chi connectivity index (χ4v) is 4.88. The highest BCUT2D eigenvalue weighted by molar-refractivity contribution is 6.02. The van der Waals surface area contributed by atoms with Crippen LogP contribution in [-0.2, 0) is 4.74 Å². The van der Waals surface area contributed by atoms with Gasteiger partial charge in [-0.05, 0) is 50.2 Å². The maximum atomic E-state index is 12.5. The number of nitrogens with two attached hydrogens (primary N) is 2. The number of nitrogens with zero attached hydrogens (tertiary/aromatic N) is 4. The first kappa shape index (κ1) is 26.4. The Morgan fingerprint density at radius 1 is 0.897 bits per heavy atom. The molecule has 0 aliphatic carbocycles. The van der Waals surface area contributed by atoms with Gasteiger partial charge in [0.25, 0.3) is 5.91 Å². The molecule has 2 aliphatic heterocycles. The topological polar surface area (TPSA) is 152 Å². The number of nitrogens with one attached hydrogen (secondary N) is 2. The number of benzene rings is 2. The van der Waals surface area contributed by atoms with Crippen molar-refractivity contribution < 1.29 is 14.3 Å². The van der Waals surface area contributed by atoms with Gasteiger partial charge >= 0.3 is 0 Å². The number of carbonyl (C=O) groups is 2. The fraction of sp³-hybridized carbons (Fsp3) is 0.357. The number of aromatic nitrogens is 2. The van der Waals surface area contributed by atoms with Gasteiger partial charge in [0.2, 0.25) is 5.91 Å². The number of hydrogen-bond acceptors (Lipinski definition) is 9. The standard InChI is InChI=1S/C28H34N8O3/c1-35-12-14-36(15-13-35)20-8-6-18(7-9-20)31-28-24(26(30)38)33-23(21-4-2-3-5-22(21)25(29)37)27(34-28)32-19-10-16-39-17-11-19/h2-9,19H,10-17H2,1H3,(H2,29,37)(H2,30,38)(H2,31,32,34). The lowest BCUT2D eigenvalue weighted by Crippen LogP contribution is -2.44. The number of piperazine rings is 1. The largest absolute Gasteiger partial charge is 0.381 e. The second-order valence-electron chi connectivity index (χ2n) is 9.89. The van der Waals surface area contributed by atoms with Gasteiger partial charge < -0.3 is 36.6 Å². The number of rotatable bonds is 8. The molecule has 11 heteroatoms. The summed E-state index contributed by atoms with van der Waals surface area (Å²) in [5.74, 6) is -0.691. The van der Waals surface area contributed by atoms with Gasteiger partial charge in [0, 0.05) is 67.9 Å². The summed E-state index contributed by atoms with van der Waals surface area (Å²) in [6.07, 6.45) is 1.57. The van der Waals surface area contributed by atoms with Crippen molar-refractivity contribution in [3.63, 3.8) is 0 Å². The molecule has 0 atom stereocenters. The van der Waals surface area contributed by atoms with Crippen molar-refractivity contribution >= 4 is 34.8 Å². The Morgan fingerprint density at radius 3 is 2.26 bits per heavy atom. The third kappa shape index (κ3) is 6.10. The summed E-state index contributed by atoms with van der Waals surface area (Å²) in [6.45, 7) is 5.23. The predicted octanol–water partition coefficient (Wildman–Crippen LogP) is 2.43. The van der Waals surface area contributed by atoms with E-state index in [1.807, 2.05) is 24.3 Å². The van der Waals surface area contributed by atoms with Gasteiger partial charge in [-0.3, -0.25) is 9.59 Å². The minimum Gasteiger partial charge on any atom is -0.381 e. The van der Waals surface area contributed by atoms with Crippen molar-refractivity contribution in [2.24, 2.45) is 11.5 Å². The van der Waals surface area contributed by atoms with Gasteiger partial charge in [0.05, 0.1) is 0 Å². The van der Waals surface area contributed by atoms with Gasteiger partial charge in [0.15, 0.2) is 17.3 Å². The van der Waals surface area contributed by atoms with E-state index in [0.717, 1.165) is 50.4 Å². The van der Waals surface area contributed by atoms with E-state index in [4.69, 9.17) is 21.2 Å². The molecule has 204 valence electrons. The van der Waals surface area contributed by atoms with Crippen LogP contribution in [0.4, 0.5) is 23.0 Å². The minimum atomic E-state index is -0.741. The average Bonchev–Trinajstić information content (AvgIpc) is 2.94. The van der Waals surface area contributed by atoms with Crippen molar-refractivity contribution in [2.75, 3.05) is 62.0 Å². The van der Waals surface area contributed by atoms with Crippen molar-refractivity contribution in [1.29, 1.82) is 0 Å². The summed E-state index contributed by atoms with van der Waals surface area (Å²) in [6, 6.07) is 14.9. The van der Waals surface area contributed by atoms with E-state index in [-0.39, 0.29) is 23.1 Å². The van der Waals surface area contributed by atoms with Gasteiger partial charge in [-0.25, -0.2) is 9.97 Å². The molecule has 2 fully saturated rings. The third-order valence-electron chi connectivity index (χ3n) is 7.14. The van der Waals surface area contributed by atoms with Crippen LogP contribution in [0.25, 0.3) is 11.3 Å². The molecule has 39 heavy (non-hydrogen) atoms. The summed E-state index contributed by atoms with van der Waals surface area (Å²) in [5, 5.41) is 6.68. The van der Waals surface area contributed by atoms with Gasteiger partial charge in [0.1, 0.15) is 5.69 Å². The fourth-order valence-electron chi connectivity index (χ4n) is 4.88. The van der Waals surface area contributed by atoms with Crippen molar-refractivity contribution in [1.82, 2.24) is 14.9 Å². The predicted molar refractivity (Wildman–Crippen MR) is 151 cm³/mol. The highest BCUT2D eigenvalue weighted by Gasteiger charge is 2.24. The molecule has 3 heterocycles. The number of carbonyl (C=O) groups excluding carboxylic acids is 2. The van der Waals surface area contributed by atoms with E-state index in [2.05, 4.69) is 32.5 Å². The highest BCUT2D eigenvalue weighted by Crippen LogP contribution is 2.32. The molecule has 5 rings (SSSR count).